The molecular weight excluding hydrogens is 210 g/mol. The van der Waals surface area contributed by atoms with Crippen LogP contribution in [0.2, 0.25) is 0 Å². The van der Waals surface area contributed by atoms with E-state index in [4.69, 9.17) is 5.73 Å². The second-order valence-electron chi connectivity index (χ2n) is 2.91. The molecule has 2 aromatic rings. The van der Waals surface area contributed by atoms with E-state index in [-0.39, 0.29) is 0 Å². The Labute approximate surface area is 92.0 Å². The molecule has 1 aromatic heterocycles. The van der Waals surface area contributed by atoms with Crippen LogP contribution in [0, 0.1) is 0 Å². The molecule has 14 heavy (non-hydrogen) atoms. The van der Waals surface area contributed by atoms with E-state index in [0.29, 0.717) is 0 Å². The molecule has 2 rings (SSSR count). The Balaban J connectivity index is 2.46. The van der Waals surface area contributed by atoms with E-state index in [2.05, 4.69) is 24.5 Å². The fourth-order valence-corrected chi connectivity index (χ4v) is 2.84. The topological polar surface area (TPSA) is 26.0 Å². The zero-order valence-electron chi connectivity index (χ0n) is 7.86. The Morgan fingerprint density at radius 2 is 1.93 bits per heavy atom. The van der Waals surface area contributed by atoms with Gasteiger partial charge in [-0.15, -0.1) is 23.1 Å². The lowest BCUT2D eigenvalue weighted by molar-refractivity contribution is 1.64. The van der Waals surface area contributed by atoms with Crippen LogP contribution in [0.25, 0.3) is 11.1 Å². The molecule has 0 aliphatic heterocycles. The van der Waals surface area contributed by atoms with Crippen molar-refractivity contribution in [2.75, 3.05) is 12.0 Å². The average Bonchev–Trinajstić information content (AvgIpc) is 2.61. The molecule has 2 N–H and O–H groups in total. The monoisotopic (exact) mass is 221 g/mol. The third-order valence-corrected chi connectivity index (χ3v) is 4.05. The summed E-state index contributed by atoms with van der Waals surface area (Å²) in [6, 6.07) is 12.4. The minimum atomic E-state index is 0.903. The number of benzene rings is 1. The van der Waals surface area contributed by atoms with Crippen LogP contribution in [-0.2, 0) is 0 Å². The molecule has 72 valence electrons. The van der Waals surface area contributed by atoms with Gasteiger partial charge < -0.3 is 5.73 Å². The molecule has 0 aliphatic carbocycles. The van der Waals surface area contributed by atoms with Gasteiger partial charge in [-0.2, -0.15) is 0 Å². The molecule has 0 atom stereocenters. The summed E-state index contributed by atoms with van der Waals surface area (Å²) in [5.41, 5.74) is 8.30. The lowest BCUT2D eigenvalue weighted by Crippen LogP contribution is -1.82. The number of thioether (sulfide) groups is 1. The average molecular weight is 221 g/mol. The van der Waals surface area contributed by atoms with E-state index in [1.54, 1.807) is 23.1 Å². The summed E-state index contributed by atoms with van der Waals surface area (Å²) in [5.74, 6) is 0. The highest BCUT2D eigenvalue weighted by molar-refractivity contribution is 8.00. The molecular formula is C11H11NS2. The second-order valence-corrected chi connectivity index (χ2v) is 5.10. The van der Waals surface area contributed by atoms with E-state index in [9.17, 15) is 0 Å². The van der Waals surface area contributed by atoms with Gasteiger partial charge in [0.05, 0.1) is 9.21 Å². The number of rotatable bonds is 2. The van der Waals surface area contributed by atoms with Crippen LogP contribution in [0.15, 0.2) is 40.6 Å². The fourth-order valence-electron chi connectivity index (χ4n) is 1.33. The van der Waals surface area contributed by atoms with Crippen molar-refractivity contribution in [3.63, 3.8) is 0 Å². The van der Waals surface area contributed by atoms with Crippen molar-refractivity contribution >= 4 is 28.1 Å². The summed E-state index contributed by atoms with van der Waals surface area (Å²) < 4.78 is 1.27. The van der Waals surface area contributed by atoms with Crippen LogP contribution in [-0.4, -0.2) is 6.26 Å². The molecule has 0 unspecified atom stereocenters. The summed E-state index contributed by atoms with van der Waals surface area (Å²) >= 11 is 3.39. The van der Waals surface area contributed by atoms with Crippen LogP contribution in [0.4, 0.5) is 5.00 Å². The molecule has 0 aliphatic rings. The quantitative estimate of drug-likeness (QED) is 0.782. The van der Waals surface area contributed by atoms with Crippen molar-refractivity contribution < 1.29 is 0 Å². The summed E-state index contributed by atoms with van der Waals surface area (Å²) in [5, 5.41) is 0.903. The largest absolute Gasteiger partial charge is 0.390 e. The number of hydrogen-bond acceptors (Lipinski definition) is 3. The molecule has 0 saturated heterocycles. The van der Waals surface area contributed by atoms with Gasteiger partial charge in [-0.05, 0) is 17.9 Å². The van der Waals surface area contributed by atoms with Crippen LogP contribution < -0.4 is 5.73 Å². The van der Waals surface area contributed by atoms with Gasteiger partial charge in [-0.25, -0.2) is 0 Å². The first-order chi connectivity index (χ1) is 6.81. The van der Waals surface area contributed by atoms with Gasteiger partial charge >= 0.3 is 0 Å². The summed E-state index contributed by atoms with van der Waals surface area (Å²) in [7, 11) is 0. The van der Waals surface area contributed by atoms with Gasteiger partial charge in [0.2, 0.25) is 0 Å². The molecule has 3 heteroatoms. The van der Waals surface area contributed by atoms with Crippen LogP contribution >= 0.6 is 23.1 Å². The maximum absolute atomic E-state index is 5.95. The van der Waals surface area contributed by atoms with E-state index >= 15 is 0 Å². The molecule has 0 saturated carbocycles. The van der Waals surface area contributed by atoms with Crippen molar-refractivity contribution in [3.8, 4) is 11.1 Å². The number of hydrogen-bond donors (Lipinski definition) is 1. The summed E-state index contributed by atoms with van der Waals surface area (Å²) in [6.45, 7) is 0. The highest BCUT2D eigenvalue weighted by Crippen LogP contribution is 2.37. The van der Waals surface area contributed by atoms with E-state index in [1.807, 2.05) is 18.2 Å². The Morgan fingerprint density at radius 3 is 2.50 bits per heavy atom. The van der Waals surface area contributed by atoms with Gasteiger partial charge in [0.15, 0.2) is 0 Å². The highest BCUT2D eigenvalue weighted by Gasteiger charge is 2.06. The molecule has 0 spiro atoms. The minimum absolute atomic E-state index is 0.903. The van der Waals surface area contributed by atoms with E-state index in [1.165, 1.54) is 9.77 Å². The SMILES string of the molecule is CSc1cc(-c2ccccc2)c(N)s1. The van der Waals surface area contributed by atoms with Crippen molar-refractivity contribution in [1.29, 1.82) is 0 Å². The lowest BCUT2D eigenvalue weighted by Gasteiger charge is -1.97. The Morgan fingerprint density at radius 1 is 1.21 bits per heavy atom. The third kappa shape index (κ3) is 1.79. The summed E-state index contributed by atoms with van der Waals surface area (Å²) in [6.07, 6.45) is 2.07. The maximum atomic E-state index is 5.95. The summed E-state index contributed by atoms with van der Waals surface area (Å²) in [4.78, 5) is 0. The Kier molecular flexibility index (Phi) is 2.79. The molecule has 0 bridgehead atoms. The number of nitrogen functional groups attached to an aromatic ring is 1. The van der Waals surface area contributed by atoms with Gasteiger partial charge in [0.1, 0.15) is 0 Å². The third-order valence-electron chi connectivity index (χ3n) is 2.02. The molecule has 0 radical (unpaired) electrons. The number of nitrogens with two attached hydrogens (primary N) is 1. The van der Waals surface area contributed by atoms with Crippen molar-refractivity contribution in [2.24, 2.45) is 0 Å². The van der Waals surface area contributed by atoms with Gasteiger partial charge in [-0.3, -0.25) is 0 Å². The Bertz CT molecular complexity index is 420. The standard InChI is InChI=1S/C11H11NS2/c1-13-10-7-9(11(12)14-10)8-5-3-2-4-6-8/h2-7H,12H2,1H3. The van der Waals surface area contributed by atoms with E-state index < -0.39 is 0 Å². The van der Waals surface area contributed by atoms with Crippen LogP contribution in [0.3, 0.4) is 0 Å². The molecule has 1 nitrogen and oxygen atoms in total. The molecule has 1 heterocycles. The van der Waals surface area contributed by atoms with Crippen LogP contribution in [0.5, 0.6) is 0 Å². The fraction of sp³-hybridized carbons (Fsp3) is 0.0909. The normalized spacial score (nSPS) is 10.4. The smallest absolute Gasteiger partial charge is 0.0947 e. The second kappa shape index (κ2) is 4.07. The minimum Gasteiger partial charge on any atom is -0.390 e. The van der Waals surface area contributed by atoms with Crippen molar-refractivity contribution in [2.45, 2.75) is 4.21 Å². The first-order valence-corrected chi connectivity index (χ1v) is 6.34. The number of thiophene rings is 1. The Hall–Kier alpha value is -0.930. The van der Waals surface area contributed by atoms with Crippen molar-refractivity contribution in [3.05, 3.63) is 36.4 Å². The predicted molar refractivity (Wildman–Crippen MR) is 65.9 cm³/mol. The van der Waals surface area contributed by atoms with Gasteiger partial charge in [0.25, 0.3) is 0 Å². The zero-order valence-corrected chi connectivity index (χ0v) is 9.49. The first-order valence-electron chi connectivity index (χ1n) is 4.30. The van der Waals surface area contributed by atoms with E-state index in [0.717, 1.165) is 10.6 Å². The molecule has 0 amide bonds. The molecule has 1 aromatic carbocycles. The van der Waals surface area contributed by atoms with Crippen molar-refractivity contribution in [1.82, 2.24) is 0 Å². The first kappa shape index (κ1) is 9.62. The maximum Gasteiger partial charge on any atom is 0.0947 e. The lowest BCUT2D eigenvalue weighted by atomic mass is 10.1. The van der Waals surface area contributed by atoms with Crippen LogP contribution in [0.1, 0.15) is 0 Å². The number of anilines is 1. The van der Waals surface area contributed by atoms with Gasteiger partial charge in [-0.1, -0.05) is 30.3 Å². The van der Waals surface area contributed by atoms with Gasteiger partial charge in [0, 0.05) is 5.56 Å². The zero-order chi connectivity index (χ0) is 9.97. The highest BCUT2D eigenvalue weighted by atomic mass is 32.2. The molecule has 0 fully saturated rings. The predicted octanol–water partition coefficient (Wildman–Crippen LogP) is 3.72.